The number of fused-ring (bicyclic) bond motifs is 1. The maximum atomic E-state index is 12.2. The van der Waals surface area contributed by atoms with Gasteiger partial charge in [0.25, 0.3) is 11.8 Å². The van der Waals surface area contributed by atoms with Crippen LogP contribution >= 0.6 is 0 Å². The zero-order valence-electron chi connectivity index (χ0n) is 16.3. The first kappa shape index (κ1) is 20.0. The molecule has 29 heavy (non-hydrogen) atoms. The lowest BCUT2D eigenvalue weighted by atomic mass is 10.1. The van der Waals surface area contributed by atoms with Crippen LogP contribution in [0.1, 0.15) is 22.8 Å². The number of nitrogens with zero attached hydrogens (tertiary/aromatic N) is 1. The average molecular weight is 399 g/mol. The molecule has 0 unspecified atom stereocenters. The molecule has 2 amide bonds. The topological polar surface area (TPSA) is 107 Å². The minimum atomic E-state index is -0.467. The van der Waals surface area contributed by atoms with E-state index in [0.717, 1.165) is 0 Å². The summed E-state index contributed by atoms with van der Waals surface area (Å²) >= 11 is 0. The van der Waals surface area contributed by atoms with Gasteiger partial charge in [0.2, 0.25) is 6.79 Å². The number of rotatable bonds is 7. The maximum Gasteiger partial charge on any atom is 0.259 e. The molecule has 1 aliphatic rings. The Morgan fingerprint density at radius 3 is 2.62 bits per heavy atom. The Morgan fingerprint density at radius 2 is 1.86 bits per heavy atom. The Kier molecular flexibility index (Phi) is 6.18. The molecule has 0 saturated carbocycles. The van der Waals surface area contributed by atoms with Crippen molar-refractivity contribution in [2.45, 2.75) is 6.92 Å². The van der Waals surface area contributed by atoms with Crippen molar-refractivity contribution in [3.05, 3.63) is 47.5 Å². The number of carbonyl (C=O) groups is 2. The zero-order chi connectivity index (χ0) is 20.8. The highest BCUT2D eigenvalue weighted by Crippen LogP contribution is 2.32. The van der Waals surface area contributed by atoms with E-state index >= 15 is 0 Å². The summed E-state index contributed by atoms with van der Waals surface area (Å²) in [4.78, 5) is 24.2. The van der Waals surface area contributed by atoms with E-state index in [9.17, 15) is 9.59 Å². The predicted molar refractivity (Wildman–Crippen MR) is 105 cm³/mol. The fourth-order valence-corrected chi connectivity index (χ4v) is 2.64. The summed E-state index contributed by atoms with van der Waals surface area (Å²) in [7, 11) is 3.10. The second kappa shape index (κ2) is 8.96. The van der Waals surface area contributed by atoms with Crippen molar-refractivity contribution in [2.75, 3.05) is 27.6 Å². The highest BCUT2D eigenvalue weighted by atomic mass is 16.7. The van der Waals surface area contributed by atoms with Gasteiger partial charge in [-0.1, -0.05) is 0 Å². The lowest BCUT2D eigenvalue weighted by molar-refractivity contribution is -0.120. The number of ether oxygens (including phenoxy) is 4. The number of nitrogens with one attached hydrogen (secondary N) is 2. The van der Waals surface area contributed by atoms with Gasteiger partial charge in [-0.25, -0.2) is 5.43 Å². The van der Waals surface area contributed by atoms with Gasteiger partial charge in [-0.15, -0.1) is 0 Å². The van der Waals surface area contributed by atoms with Crippen LogP contribution in [0.4, 0.5) is 0 Å². The molecule has 9 heteroatoms. The van der Waals surface area contributed by atoms with Crippen LogP contribution < -0.4 is 29.7 Å². The minimum absolute atomic E-state index is 0.124. The average Bonchev–Trinajstić information content (AvgIpc) is 3.23. The van der Waals surface area contributed by atoms with Crippen molar-refractivity contribution >= 4 is 17.5 Å². The van der Waals surface area contributed by atoms with Crippen LogP contribution in [0, 0.1) is 0 Å². The van der Waals surface area contributed by atoms with Crippen molar-refractivity contribution in [3.63, 3.8) is 0 Å². The van der Waals surface area contributed by atoms with Crippen molar-refractivity contribution in [3.8, 4) is 23.0 Å². The molecule has 2 aromatic carbocycles. The van der Waals surface area contributed by atoms with Gasteiger partial charge in [0, 0.05) is 17.2 Å². The molecule has 0 aliphatic carbocycles. The molecular weight excluding hydrogens is 378 g/mol. The highest BCUT2D eigenvalue weighted by molar-refractivity contribution is 6.02. The molecule has 1 heterocycles. The van der Waals surface area contributed by atoms with Crippen LogP contribution in [0.3, 0.4) is 0 Å². The molecule has 0 saturated heterocycles. The van der Waals surface area contributed by atoms with E-state index in [1.165, 1.54) is 7.11 Å². The van der Waals surface area contributed by atoms with Gasteiger partial charge < -0.3 is 24.3 Å². The lowest BCUT2D eigenvalue weighted by Crippen LogP contribution is -2.35. The molecule has 0 fully saturated rings. The Balaban J connectivity index is 1.56. The normalized spacial score (nSPS) is 12.3. The van der Waals surface area contributed by atoms with Gasteiger partial charge >= 0.3 is 0 Å². The second-order valence-corrected chi connectivity index (χ2v) is 6.05. The lowest BCUT2D eigenvalue weighted by Gasteiger charge is -2.10. The first-order chi connectivity index (χ1) is 14.0. The third kappa shape index (κ3) is 4.75. The monoisotopic (exact) mass is 399 g/mol. The van der Waals surface area contributed by atoms with Crippen LogP contribution in [-0.4, -0.2) is 45.1 Å². The summed E-state index contributed by atoms with van der Waals surface area (Å²) < 4.78 is 20.9. The molecule has 152 valence electrons. The molecule has 0 bridgehead atoms. The van der Waals surface area contributed by atoms with E-state index in [0.29, 0.717) is 39.8 Å². The molecular formula is C20H21N3O6. The predicted octanol–water partition coefficient (Wildman–Crippen LogP) is 1.70. The molecule has 0 radical (unpaired) electrons. The van der Waals surface area contributed by atoms with Crippen LogP contribution in [0.2, 0.25) is 0 Å². The van der Waals surface area contributed by atoms with Crippen molar-refractivity contribution < 1.29 is 28.5 Å². The molecule has 0 aromatic heterocycles. The highest BCUT2D eigenvalue weighted by Gasteiger charge is 2.16. The number of carbonyl (C=O) groups excluding carboxylic acids is 2. The van der Waals surface area contributed by atoms with E-state index in [1.807, 2.05) is 0 Å². The minimum Gasteiger partial charge on any atom is -0.497 e. The van der Waals surface area contributed by atoms with Crippen LogP contribution in [0.15, 0.2) is 41.5 Å². The van der Waals surface area contributed by atoms with E-state index < -0.39 is 11.8 Å². The van der Waals surface area contributed by atoms with Gasteiger partial charge in [-0.3, -0.25) is 9.59 Å². The second-order valence-electron chi connectivity index (χ2n) is 6.05. The van der Waals surface area contributed by atoms with Crippen molar-refractivity contribution in [1.82, 2.24) is 10.7 Å². The van der Waals surface area contributed by atoms with Gasteiger partial charge in [0.15, 0.2) is 11.5 Å². The van der Waals surface area contributed by atoms with Crippen molar-refractivity contribution in [2.24, 2.45) is 5.10 Å². The molecule has 0 spiro atoms. The van der Waals surface area contributed by atoms with E-state index in [1.54, 1.807) is 50.4 Å². The van der Waals surface area contributed by atoms with Crippen molar-refractivity contribution in [1.29, 1.82) is 0 Å². The van der Waals surface area contributed by atoms with Crippen LogP contribution in [-0.2, 0) is 4.79 Å². The summed E-state index contributed by atoms with van der Waals surface area (Å²) in [6.07, 6.45) is 0. The smallest absolute Gasteiger partial charge is 0.259 e. The quantitative estimate of drug-likeness (QED) is 0.542. The van der Waals surface area contributed by atoms with Crippen LogP contribution in [0.5, 0.6) is 23.0 Å². The van der Waals surface area contributed by atoms with Crippen LogP contribution in [0.25, 0.3) is 0 Å². The standard InChI is InChI=1S/C20H21N3O6/c1-12(15-6-5-14(26-2)9-17(15)27-3)22-23-19(24)10-21-20(25)13-4-7-16-18(8-13)29-11-28-16/h4-9H,10-11H2,1-3H3,(H,21,25)(H,23,24)/b22-12+. The fraction of sp³-hybridized carbons (Fsp3) is 0.250. The summed E-state index contributed by atoms with van der Waals surface area (Å²) in [5.41, 5.74) is 4.03. The summed E-state index contributed by atoms with van der Waals surface area (Å²) in [5.74, 6) is 1.42. The number of hydrazone groups is 1. The number of methoxy groups -OCH3 is 2. The molecule has 2 aromatic rings. The largest absolute Gasteiger partial charge is 0.497 e. The molecule has 1 aliphatic heterocycles. The van der Waals surface area contributed by atoms with E-state index in [4.69, 9.17) is 18.9 Å². The number of hydrogen-bond acceptors (Lipinski definition) is 7. The number of amides is 2. The Morgan fingerprint density at radius 1 is 1.07 bits per heavy atom. The Labute approximate surface area is 167 Å². The number of benzene rings is 2. The summed E-state index contributed by atoms with van der Waals surface area (Å²) in [5, 5.41) is 6.60. The number of hydrogen-bond donors (Lipinski definition) is 2. The molecule has 3 rings (SSSR count). The fourth-order valence-electron chi connectivity index (χ4n) is 2.64. The molecule has 0 atom stereocenters. The maximum absolute atomic E-state index is 12.2. The van der Waals surface area contributed by atoms with E-state index in [-0.39, 0.29) is 13.3 Å². The summed E-state index contributed by atoms with van der Waals surface area (Å²) in [6, 6.07) is 10.1. The molecule has 2 N–H and O–H groups in total. The first-order valence-corrected chi connectivity index (χ1v) is 8.75. The van der Waals surface area contributed by atoms with Gasteiger partial charge in [0.1, 0.15) is 11.5 Å². The Bertz CT molecular complexity index is 957. The van der Waals surface area contributed by atoms with E-state index in [2.05, 4.69) is 15.8 Å². The third-order valence-corrected chi connectivity index (χ3v) is 4.19. The zero-order valence-corrected chi connectivity index (χ0v) is 16.3. The Hall–Kier alpha value is -3.75. The third-order valence-electron chi connectivity index (χ3n) is 4.19. The van der Waals surface area contributed by atoms with Gasteiger partial charge in [-0.2, -0.15) is 5.10 Å². The first-order valence-electron chi connectivity index (χ1n) is 8.75. The molecule has 9 nitrogen and oxygen atoms in total. The summed E-state index contributed by atoms with van der Waals surface area (Å²) in [6.45, 7) is 1.62. The van der Waals surface area contributed by atoms with Gasteiger partial charge in [-0.05, 0) is 37.3 Å². The SMILES string of the molecule is COc1ccc(/C(C)=N/NC(=O)CNC(=O)c2ccc3c(c2)OCO3)c(OC)c1. The van der Waals surface area contributed by atoms with Gasteiger partial charge in [0.05, 0.1) is 26.5 Å².